The number of rotatable bonds is 3. The van der Waals surface area contributed by atoms with Crippen molar-refractivity contribution in [3.8, 4) is 0 Å². The molecule has 1 N–H and O–H groups in total. The standard InChI is InChI=1S/C19H22F2N2/c1-13-12-23(14(2)11-22-13)19(15-3-7-17(20)8-4-15)16-5-9-18(21)10-6-16/h3-10,13-14,19,22H,11-12H2,1-2H3/t13-,14-/m1/s1. The molecular weight excluding hydrogens is 294 g/mol. The summed E-state index contributed by atoms with van der Waals surface area (Å²) < 4.78 is 26.6. The van der Waals surface area contributed by atoms with Crippen LogP contribution >= 0.6 is 0 Å². The summed E-state index contributed by atoms with van der Waals surface area (Å²) in [4.78, 5) is 2.40. The second-order valence-electron chi connectivity index (χ2n) is 6.36. The summed E-state index contributed by atoms with van der Waals surface area (Å²) in [5.41, 5.74) is 2.05. The molecule has 0 amide bonds. The Bertz CT molecular complexity index is 594. The van der Waals surface area contributed by atoms with Crippen LogP contribution in [0.3, 0.4) is 0 Å². The Kier molecular flexibility index (Phi) is 4.74. The molecule has 1 fully saturated rings. The predicted molar refractivity (Wildman–Crippen MR) is 88.3 cm³/mol. The van der Waals surface area contributed by atoms with E-state index in [4.69, 9.17) is 0 Å². The minimum atomic E-state index is -0.242. The van der Waals surface area contributed by atoms with Gasteiger partial charge in [0.1, 0.15) is 11.6 Å². The van der Waals surface area contributed by atoms with Crippen molar-refractivity contribution in [2.75, 3.05) is 13.1 Å². The molecule has 1 saturated heterocycles. The van der Waals surface area contributed by atoms with E-state index in [9.17, 15) is 8.78 Å². The Labute approximate surface area is 136 Å². The van der Waals surface area contributed by atoms with E-state index in [1.165, 1.54) is 24.3 Å². The first-order chi connectivity index (χ1) is 11.0. The molecule has 0 aliphatic carbocycles. The summed E-state index contributed by atoms with van der Waals surface area (Å²) in [5, 5.41) is 3.48. The Morgan fingerprint density at radius 3 is 1.87 bits per heavy atom. The second-order valence-corrected chi connectivity index (χ2v) is 6.36. The molecule has 2 aromatic rings. The number of hydrogen-bond donors (Lipinski definition) is 1. The summed E-state index contributed by atoms with van der Waals surface area (Å²) in [6.45, 7) is 6.13. The van der Waals surface area contributed by atoms with Gasteiger partial charge in [0, 0.05) is 25.2 Å². The maximum atomic E-state index is 13.3. The first-order valence-electron chi connectivity index (χ1n) is 8.04. The van der Waals surface area contributed by atoms with Crippen LogP contribution in [0.2, 0.25) is 0 Å². The van der Waals surface area contributed by atoms with Gasteiger partial charge in [0.05, 0.1) is 6.04 Å². The van der Waals surface area contributed by atoms with Crippen LogP contribution in [0.1, 0.15) is 31.0 Å². The lowest BCUT2D eigenvalue weighted by Gasteiger charge is -2.43. The molecule has 122 valence electrons. The van der Waals surface area contributed by atoms with Crippen molar-refractivity contribution in [1.29, 1.82) is 0 Å². The predicted octanol–water partition coefficient (Wildman–Crippen LogP) is 3.74. The van der Waals surface area contributed by atoms with E-state index in [2.05, 4.69) is 24.1 Å². The zero-order valence-electron chi connectivity index (χ0n) is 13.5. The van der Waals surface area contributed by atoms with Gasteiger partial charge in [-0.1, -0.05) is 24.3 Å². The maximum Gasteiger partial charge on any atom is 0.123 e. The number of halogens is 2. The third-order valence-electron chi connectivity index (χ3n) is 4.52. The van der Waals surface area contributed by atoms with E-state index >= 15 is 0 Å². The molecule has 0 aromatic heterocycles. The van der Waals surface area contributed by atoms with Crippen molar-refractivity contribution < 1.29 is 8.78 Å². The molecule has 0 spiro atoms. The average molecular weight is 316 g/mol. The van der Waals surface area contributed by atoms with Gasteiger partial charge in [-0.2, -0.15) is 0 Å². The summed E-state index contributed by atoms with van der Waals surface area (Å²) in [5.74, 6) is -0.485. The van der Waals surface area contributed by atoms with Gasteiger partial charge < -0.3 is 5.32 Å². The lowest BCUT2D eigenvalue weighted by atomic mass is 9.94. The summed E-state index contributed by atoms with van der Waals surface area (Å²) in [6.07, 6.45) is 0. The Hall–Kier alpha value is -1.78. The molecule has 1 aliphatic heterocycles. The minimum Gasteiger partial charge on any atom is -0.311 e. The molecule has 2 nitrogen and oxygen atoms in total. The largest absolute Gasteiger partial charge is 0.311 e. The molecule has 0 saturated carbocycles. The molecule has 4 heteroatoms. The van der Waals surface area contributed by atoms with Gasteiger partial charge in [-0.05, 0) is 49.2 Å². The minimum absolute atomic E-state index is 0.00394. The number of nitrogens with one attached hydrogen (secondary N) is 1. The van der Waals surface area contributed by atoms with Crippen molar-refractivity contribution in [1.82, 2.24) is 10.2 Å². The Balaban J connectivity index is 2.01. The molecule has 1 heterocycles. The highest BCUT2D eigenvalue weighted by Crippen LogP contribution is 2.31. The molecule has 2 aromatic carbocycles. The third kappa shape index (κ3) is 3.59. The fourth-order valence-corrected chi connectivity index (χ4v) is 3.28. The highest BCUT2D eigenvalue weighted by molar-refractivity contribution is 5.32. The van der Waals surface area contributed by atoms with Crippen molar-refractivity contribution in [3.63, 3.8) is 0 Å². The fourth-order valence-electron chi connectivity index (χ4n) is 3.28. The number of benzene rings is 2. The normalized spacial score (nSPS) is 22.5. The van der Waals surface area contributed by atoms with Crippen LogP contribution in [0.5, 0.6) is 0 Å². The Morgan fingerprint density at radius 2 is 1.39 bits per heavy atom. The van der Waals surface area contributed by atoms with Gasteiger partial charge in [0.15, 0.2) is 0 Å². The fraction of sp³-hybridized carbons (Fsp3) is 0.368. The smallest absolute Gasteiger partial charge is 0.123 e. The maximum absolute atomic E-state index is 13.3. The van der Waals surface area contributed by atoms with E-state index in [1.807, 2.05) is 24.3 Å². The lowest BCUT2D eigenvalue weighted by molar-refractivity contribution is 0.113. The van der Waals surface area contributed by atoms with Gasteiger partial charge in [0.25, 0.3) is 0 Å². The van der Waals surface area contributed by atoms with Crippen LogP contribution in [0.15, 0.2) is 48.5 Å². The van der Waals surface area contributed by atoms with Gasteiger partial charge in [-0.15, -0.1) is 0 Å². The quantitative estimate of drug-likeness (QED) is 0.928. The lowest BCUT2D eigenvalue weighted by Crippen LogP contribution is -2.55. The van der Waals surface area contributed by atoms with Gasteiger partial charge in [-0.3, -0.25) is 4.90 Å². The van der Waals surface area contributed by atoms with Crippen LogP contribution in [0, 0.1) is 11.6 Å². The Morgan fingerprint density at radius 1 is 0.913 bits per heavy atom. The zero-order valence-corrected chi connectivity index (χ0v) is 13.5. The monoisotopic (exact) mass is 316 g/mol. The van der Waals surface area contributed by atoms with E-state index in [1.54, 1.807) is 0 Å². The highest BCUT2D eigenvalue weighted by atomic mass is 19.1. The van der Waals surface area contributed by atoms with Crippen LogP contribution in [-0.2, 0) is 0 Å². The molecule has 0 radical (unpaired) electrons. The van der Waals surface area contributed by atoms with E-state index < -0.39 is 0 Å². The number of hydrogen-bond acceptors (Lipinski definition) is 2. The van der Waals surface area contributed by atoms with Crippen molar-refractivity contribution in [2.45, 2.75) is 32.0 Å². The number of piperazine rings is 1. The molecule has 0 unspecified atom stereocenters. The van der Waals surface area contributed by atoms with E-state index in [0.29, 0.717) is 12.1 Å². The van der Waals surface area contributed by atoms with Crippen molar-refractivity contribution >= 4 is 0 Å². The molecule has 23 heavy (non-hydrogen) atoms. The first kappa shape index (κ1) is 16.1. The van der Waals surface area contributed by atoms with E-state index in [-0.39, 0.29) is 17.7 Å². The molecule has 2 atom stereocenters. The van der Waals surface area contributed by atoms with Gasteiger partial charge in [0.2, 0.25) is 0 Å². The summed E-state index contributed by atoms with van der Waals surface area (Å²) >= 11 is 0. The van der Waals surface area contributed by atoms with Crippen LogP contribution < -0.4 is 5.32 Å². The topological polar surface area (TPSA) is 15.3 Å². The average Bonchev–Trinajstić information content (AvgIpc) is 2.54. The van der Waals surface area contributed by atoms with Crippen molar-refractivity contribution in [2.24, 2.45) is 0 Å². The second kappa shape index (κ2) is 6.77. The van der Waals surface area contributed by atoms with Crippen LogP contribution in [0.4, 0.5) is 8.78 Å². The SMILES string of the molecule is C[C@@H]1CN(C(c2ccc(F)cc2)c2ccc(F)cc2)[C@H](C)CN1. The van der Waals surface area contributed by atoms with Crippen molar-refractivity contribution in [3.05, 3.63) is 71.3 Å². The van der Waals surface area contributed by atoms with Crippen LogP contribution in [0.25, 0.3) is 0 Å². The third-order valence-corrected chi connectivity index (χ3v) is 4.52. The zero-order chi connectivity index (χ0) is 16.4. The van der Waals surface area contributed by atoms with Gasteiger partial charge in [-0.25, -0.2) is 8.78 Å². The van der Waals surface area contributed by atoms with Gasteiger partial charge >= 0.3 is 0 Å². The molecular formula is C19H22F2N2. The highest BCUT2D eigenvalue weighted by Gasteiger charge is 2.30. The molecule has 1 aliphatic rings. The number of nitrogens with zero attached hydrogens (tertiary/aromatic N) is 1. The summed E-state index contributed by atoms with van der Waals surface area (Å²) in [6, 6.07) is 14.0. The van der Waals surface area contributed by atoms with Crippen LogP contribution in [-0.4, -0.2) is 30.1 Å². The first-order valence-corrected chi connectivity index (χ1v) is 8.04. The van der Waals surface area contributed by atoms with E-state index in [0.717, 1.165) is 24.2 Å². The molecule has 0 bridgehead atoms. The molecule has 3 rings (SSSR count). The summed E-state index contributed by atoms with van der Waals surface area (Å²) in [7, 11) is 0.